The van der Waals surface area contributed by atoms with Crippen LogP contribution < -0.4 is 10.5 Å². The van der Waals surface area contributed by atoms with E-state index < -0.39 is 11.9 Å². The third kappa shape index (κ3) is 21.3. The van der Waals surface area contributed by atoms with Gasteiger partial charge in [-0.05, 0) is 36.4 Å². The van der Waals surface area contributed by atoms with E-state index in [2.05, 4.69) is 9.78 Å². The Morgan fingerprint density at radius 3 is 1.06 bits per heavy atom. The molecule has 180 valence electrons. The number of benzene rings is 2. The number of halogens is 2. The predicted octanol–water partition coefficient (Wildman–Crippen LogP) is -5.43. The van der Waals surface area contributed by atoms with E-state index in [-0.39, 0.29) is 78.0 Å². The molecule has 0 fully saturated rings. The smallest absolute Gasteiger partial charge is 0.661 e. The maximum atomic E-state index is 10.6. The van der Waals surface area contributed by atoms with Crippen molar-refractivity contribution in [2.45, 2.75) is 0 Å². The maximum absolute atomic E-state index is 10.6. The summed E-state index contributed by atoms with van der Waals surface area (Å²) in [5.41, 5.74) is 0.319. The third-order valence-corrected chi connectivity index (χ3v) is 2.74. The Morgan fingerprint density at radius 2 is 0.871 bits per heavy atom. The van der Waals surface area contributed by atoms with E-state index >= 15 is 0 Å². The Balaban J connectivity index is -0.0000000346. The number of carbonyl (C=O) groups is 2. The zero-order valence-electron chi connectivity index (χ0n) is 15.5. The fraction of sp³-hybridized carbons (Fsp3) is 0. The standard InChI is InChI=1S/2C7H5ClO3.Mg.8H2O/c2*8-6-3-1-2-5(4-6)7(9)11-10;;;;;;;;;/h2*1-4,10H;;8*1H2/q;;+2;;;;;;;;/p-2. The Bertz CT molecular complexity index is 619. The van der Waals surface area contributed by atoms with Crippen molar-refractivity contribution in [3.05, 3.63) is 69.7 Å². The van der Waals surface area contributed by atoms with Crippen molar-refractivity contribution in [3.63, 3.8) is 0 Å². The van der Waals surface area contributed by atoms with Gasteiger partial charge in [0.2, 0.25) is 0 Å². The van der Waals surface area contributed by atoms with E-state index in [4.69, 9.17) is 23.2 Å². The SMILES string of the molecule is O.O.O.O.O.O.O.O.O=C(O[O-])c1cccc(Cl)c1.O=C(O[O-])c1cccc(Cl)c1.[Mg+2]. The van der Waals surface area contributed by atoms with Gasteiger partial charge in [0.25, 0.3) is 0 Å². The minimum absolute atomic E-state index is 0. The number of rotatable bonds is 2. The van der Waals surface area contributed by atoms with E-state index in [1.165, 1.54) is 24.3 Å². The molecule has 31 heavy (non-hydrogen) atoms. The molecule has 0 amide bonds. The zero-order chi connectivity index (χ0) is 16.5. The molecule has 0 saturated carbocycles. The van der Waals surface area contributed by atoms with Gasteiger partial charge in [0, 0.05) is 10.0 Å². The largest absolute Gasteiger partial charge is 2.00 e. The molecule has 0 aliphatic rings. The molecule has 0 saturated heterocycles. The molecule has 0 radical (unpaired) electrons. The van der Waals surface area contributed by atoms with Crippen LogP contribution in [0.1, 0.15) is 20.7 Å². The topological polar surface area (TPSA) is 351 Å². The maximum Gasteiger partial charge on any atom is 2.00 e. The van der Waals surface area contributed by atoms with Gasteiger partial charge in [0.15, 0.2) is 0 Å². The molecule has 17 heteroatoms. The second-order valence-corrected chi connectivity index (χ2v) is 4.64. The van der Waals surface area contributed by atoms with E-state index in [1.807, 2.05) is 0 Å². The quantitative estimate of drug-likeness (QED) is 0.215. The van der Waals surface area contributed by atoms with Crippen LogP contribution in [0.15, 0.2) is 48.5 Å². The fourth-order valence-corrected chi connectivity index (χ4v) is 1.71. The Kier molecular flexibility index (Phi) is 56.1. The first-order valence-electron chi connectivity index (χ1n) is 5.67. The van der Waals surface area contributed by atoms with Crippen LogP contribution in [-0.4, -0.2) is 78.8 Å². The summed E-state index contributed by atoms with van der Waals surface area (Å²) in [5, 5.41) is 20.1. The van der Waals surface area contributed by atoms with Gasteiger partial charge in [-0.3, -0.25) is 0 Å². The molecule has 0 atom stereocenters. The van der Waals surface area contributed by atoms with Crippen LogP contribution in [0, 0.1) is 0 Å². The fourth-order valence-electron chi connectivity index (χ4n) is 1.33. The van der Waals surface area contributed by atoms with Crippen LogP contribution in [0.4, 0.5) is 0 Å². The molecule has 0 aliphatic heterocycles. The molecule has 0 bridgehead atoms. The molecule has 2 aromatic carbocycles. The van der Waals surface area contributed by atoms with Crippen molar-refractivity contribution in [2.24, 2.45) is 0 Å². The van der Waals surface area contributed by atoms with Crippen LogP contribution in [0.25, 0.3) is 0 Å². The average molecular weight is 512 g/mol. The molecule has 2 rings (SSSR count). The molecule has 0 aromatic heterocycles. The Hall–Kier alpha value is -1.67. The van der Waals surface area contributed by atoms with Crippen molar-refractivity contribution in [1.29, 1.82) is 0 Å². The van der Waals surface area contributed by atoms with Gasteiger partial charge in [0.05, 0.1) is 11.1 Å². The molecule has 16 N–H and O–H groups in total. The zero-order valence-corrected chi connectivity index (χ0v) is 18.5. The number of carbonyl (C=O) groups excluding carboxylic acids is 2. The van der Waals surface area contributed by atoms with Gasteiger partial charge in [-0.1, -0.05) is 35.3 Å². The molecule has 0 heterocycles. The normalized spacial score (nSPS) is 6.58. The van der Waals surface area contributed by atoms with Crippen molar-refractivity contribution < 1.29 is 73.7 Å². The molecule has 14 nitrogen and oxygen atoms in total. The minimum atomic E-state index is -0.924. The first kappa shape index (κ1) is 57.0. The number of hydrogen-bond donors (Lipinski definition) is 0. The molecular weight excluding hydrogens is 487 g/mol. The molecular formula is C14H24Cl2MgO14. The van der Waals surface area contributed by atoms with Crippen LogP contribution >= 0.6 is 23.2 Å². The van der Waals surface area contributed by atoms with Crippen LogP contribution in [0.5, 0.6) is 0 Å². The molecule has 0 spiro atoms. The van der Waals surface area contributed by atoms with E-state index in [9.17, 15) is 20.1 Å². The first-order chi connectivity index (χ1) is 10.5. The van der Waals surface area contributed by atoms with Gasteiger partial charge in [-0.15, -0.1) is 0 Å². The second-order valence-electron chi connectivity index (χ2n) is 3.76. The predicted molar refractivity (Wildman–Crippen MR) is 108 cm³/mol. The summed E-state index contributed by atoms with van der Waals surface area (Å²) in [5.74, 6) is -1.85. The summed E-state index contributed by atoms with van der Waals surface area (Å²) in [4.78, 5) is 27.6. The summed E-state index contributed by atoms with van der Waals surface area (Å²) in [6.07, 6.45) is 0. The van der Waals surface area contributed by atoms with E-state index in [0.29, 0.717) is 10.0 Å². The Morgan fingerprint density at radius 1 is 0.613 bits per heavy atom. The van der Waals surface area contributed by atoms with Crippen molar-refractivity contribution in [2.75, 3.05) is 0 Å². The summed E-state index contributed by atoms with van der Waals surface area (Å²) in [6, 6.07) is 12.0. The Labute approximate surface area is 201 Å². The van der Waals surface area contributed by atoms with Crippen LogP contribution in [0.2, 0.25) is 10.0 Å². The summed E-state index contributed by atoms with van der Waals surface area (Å²) >= 11 is 11.1. The summed E-state index contributed by atoms with van der Waals surface area (Å²) in [6.45, 7) is 0. The third-order valence-electron chi connectivity index (χ3n) is 2.27. The van der Waals surface area contributed by atoms with Gasteiger partial charge >= 0.3 is 35.0 Å². The van der Waals surface area contributed by atoms with Gasteiger partial charge in [-0.25, -0.2) is 9.59 Å². The van der Waals surface area contributed by atoms with Crippen molar-refractivity contribution in [1.82, 2.24) is 0 Å². The van der Waals surface area contributed by atoms with Crippen LogP contribution in [-0.2, 0) is 9.78 Å². The minimum Gasteiger partial charge on any atom is -0.661 e. The van der Waals surface area contributed by atoms with Crippen LogP contribution in [0.3, 0.4) is 0 Å². The van der Waals surface area contributed by atoms with Gasteiger partial charge < -0.3 is 64.1 Å². The monoisotopic (exact) mass is 510 g/mol. The molecule has 0 unspecified atom stereocenters. The van der Waals surface area contributed by atoms with Crippen molar-refractivity contribution >= 4 is 58.2 Å². The van der Waals surface area contributed by atoms with Crippen molar-refractivity contribution in [3.8, 4) is 0 Å². The molecule has 0 aliphatic carbocycles. The number of hydrogen-bond acceptors (Lipinski definition) is 6. The van der Waals surface area contributed by atoms with Gasteiger partial charge in [-0.2, -0.15) is 0 Å². The van der Waals surface area contributed by atoms with E-state index in [0.717, 1.165) is 0 Å². The first-order valence-corrected chi connectivity index (χ1v) is 6.43. The molecule has 2 aromatic rings. The summed E-state index contributed by atoms with van der Waals surface area (Å²) in [7, 11) is 0. The summed E-state index contributed by atoms with van der Waals surface area (Å²) < 4.78 is 0. The average Bonchev–Trinajstić information content (AvgIpc) is 2.54. The second kappa shape index (κ2) is 30.5. The van der Waals surface area contributed by atoms with Gasteiger partial charge in [0.1, 0.15) is 0 Å². The van der Waals surface area contributed by atoms with E-state index in [1.54, 1.807) is 24.3 Å².